The molecule has 2 atom stereocenters. The molecule has 0 bridgehead atoms. The Labute approximate surface area is 117 Å². The number of benzene rings is 1. The molecule has 2 rings (SSSR count). The van der Waals surface area contributed by atoms with Crippen molar-refractivity contribution >= 4 is 0 Å². The van der Waals surface area contributed by atoms with Crippen molar-refractivity contribution in [2.24, 2.45) is 5.41 Å². The molecule has 5 heteroatoms. The van der Waals surface area contributed by atoms with Crippen LogP contribution in [0.2, 0.25) is 0 Å². The first-order chi connectivity index (χ1) is 9.39. The summed E-state index contributed by atoms with van der Waals surface area (Å²) in [5, 5.41) is 9.99. The quantitative estimate of drug-likeness (QED) is 0.919. The van der Waals surface area contributed by atoms with Crippen LogP contribution in [-0.2, 0) is 6.54 Å². The van der Waals surface area contributed by atoms with Crippen LogP contribution < -0.4 is 0 Å². The van der Waals surface area contributed by atoms with Crippen molar-refractivity contribution in [1.29, 1.82) is 0 Å². The van der Waals surface area contributed by atoms with Gasteiger partial charge in [-0.1, -0.05) is 43.7 Å². The molecule has 1 fully saturated rings. The molecule has 1 saturated heterocycles. The topological polar surface area (TPSA) is 23.5 Å². The van der Waals surface area contributed by atoms with Crippen LogP contribution in [0.15, 0.2) is 30.3 Å². The van der Waals surface area contributed by atoms with Crippen LogP contribution in [0.1, 0.15) is 25.3 Å². The molecule has 1 N–H and O–H groups in total. The number of likely N-dealkylation sites (tertiary alicyclic amines) is 1. The van der Waals surface area contributed by atoms with E-state index in [-0.39, 0.29) is 19.5 Å². The minimum atomic E-state index is -4.37. The Bertz CT molecular complexity index is 434. The minimum Gasteiger partial charge on any atom is -0.391 e. The van der Waals surface area contributed by atoms with E-state index in [2.05, 4.69) is 0 Å². The molecule has 1 aromatic carbocycles. The average Bonchev–Trinajstić information content (AvgIpc) is 2.68. The van der Waals surface area contributed by atoms with Crippen molar-refractivity contribution in [3.05, 3.63) is 35.9 Å². The second-order valence-corrected chi connectivity index (χ2v) is 5.57. The molecule has 1 aliphatic rings. The predicted octanol–water partition coefficient (Wildman–Crippen LogP) is 3.21. The van der Waals surface area contributed by atoms with E-state index < -0.39 is 17.7 Å². The number of alkyl halides is 3. The summed E-state index contributed by atoms with van der Waals surface area (Å²) in [4.78, 5) is 1.70. The Kier molecular flexibility index (Phi) is 4.39. The Morgan fingerprint density at radius 1 is 1.30 bits per heavy atom. The summed E-state index contributed by atoms with van der Waals surface area (Å²) in [5.74, 6) is 0. The maximum absolute atomic E-state index is 13.4. The number of aliphatic hydroxyl groups is 1. The number of halogens is 3. The first-order valence-corrected chi connectivity index (χ1v) is 6.90. The van der Waals surface area contributed by atoms with Crippen LogP contribution in [0, 0.1) is 5.41 Å². The van der Waals surface area contributed by atoms with Gasteiger partial charge in [0.25, 0.3) is 0 Å². The predicted molar refractivity (Wildman–Crippen MR) is 71.1 cm³/mol. The van der Waals surface area contributed by atoms with Crippen LogP contribution in [0.3, 0.4) is 0 Å². The van der Waals surface area contributed by atoms with Gasteiger partial charge in [-0.15, -0.1) is 0 Å². The maximum Gasteiger partial charge on any atom is 0.398 e. The van der Waals surface area contributed by atoms with Crippen molar-refractivity contribution in [2.45, 2.75) is 38.6 Å². The molecule has 1 aromatic rings. The van der Waals surface area contributed by atoms with E-state index in [1.165, 1.54) is 0 Å². The first kappa shape index (κ1) is 15.3. The molecule has 0 aromatic heterocycles. The van der Waals surface area contributed by atoms with Crippen LogP contribution >= 0.6 is 0 Å². The zero-order chi connectivity index (χ0) is 14.8. The Morgan fingerprint density at radius 3 is 2.50 bits per heavy atom. The Hall–Kier alpha value is -1.07. The number of aliphatic hydroxyl groups excluding tert-OH is 1. The summed E-state index contributed by atoms with van der Waals surface area (Å²) in [7, 11) is 0. The fourth-order valence-electron chi connectivity index (χ4n) is 3.06. The average molecular weight is 287 g/mol. The summed E-state index contributed by atoms with van der Waals surface area (Å²) < 4.78 is 40.1. The fraction of sp³-hybridized carbons (Fsp3) is 0.600. The second-order valence-electron chi connectivity index (χ2n) is 5.57. The minimum absolute atomic E-state index is 0.0248. The van der Waals surface area contributed by atoms with Gasteiger partial charge in [-0.2, -0.15) is 13.2 Å². The number of rotatable bonds is 4. The highest BCUT2D eigenvalue weighted by Crippen LogP contribution is 2.49. The fourth-order valence-corrected chi connectivity index (χ4v) is 3.06. The Morgan fingerprint density at radius 2 is 1.95 bits per heavy atom. The summed E-state index contributed by atoms with van der Waals surface area (Å²) in [6.45, 7) is 2.12. The van der Waals surface area contributed by atoms with Crippen LogP contribution in [0.4, 0.5) is 13.2 Å². The molecule has 2 unspecified atom stereocenters. The molecule has 0 saturated carbocycles. The number of β-amino-alcohol motifs (C(OH)–C–C–N with tert-alkyl or cyclic N) is 1. The standard InChI is InChI=1S/C15H20F3NO/c1-2-8-14(15(16,17)18)11-19(10-13(14)20)9-12-6-4-3-5-7-12/h3-7,13,20H,2,8-11H2,1H3. The van der Waals surface area contributed by atoms with Gasteiger partial charge in [0, 0.05) is 19.6 Å². The van der Waals surface area contributed by atoms with Gasteiger partial charge in [-0.25, -0.2) is 0 Å². The first-order valence-electron chi connectivity index (χ1n) is 6.90. The van der Waals surface area contributed by atoms with Crippen molar-refractivity contribution in [2.75, 3.05) is 13.1 Å². The van der Waals surface area contributed by atoms with Gasteiger partial charge in [0.05, 0.1) is 6.10 Å². The molecule has 0 spiro atoms. The summed E-state index contributed by atoms with van der Waals surface area (Å²) >= 11 is 0. The number of nitrogens with zero attached hydrogens (tertiary/aromatic N) is 1. The van der Waals surface area contributed by atoms with E-state index in [1.807, 2.05) is 30.3 Å². The van der Waals surface area contributed by atoms with Crippen molar-refractivity contribution in [3.63, 3.8) is 0 Å². The molecular weight excluding hydrogens is 267 g/mol. The molecule has 1 heterocycles. The molecule has 0 aliphatic carbocycles. The molecule has 0 amide bonds. The summed E-state index contributed by atoms with van der Waals surface area (Å²) in [6, 6.07) is 9.38. The van der Waals surface area contributed by atoms with Gasteiger partial charge in [-0.3, -0.25) is 4.90 Å². The second kappa shape index (κ2) is 5.74. The third kappa shape index (κ3) is 2.83. The Balaban J connectivity index is 2.14. The van der Waals surface area contributed by atoms with E-state index in [9.17, 15) is 18.3 Å². The number of hydrogen-bond donors (Lipinski definition) is 1. The van der Waals surface area contributed by atoms with E-state index in [1.54, 1.807) is 11.8 Å². The van der Waals surface area contributed by atoms with Gasteiger partial charge in [-0.05, 0) is 12.0 Å². The monoisotopic (exact) mass is 287 g/mol. The normalized spacial score (nSPS) is 27.9. The summed E-state index contributed by atoms with van der Waals surface area (Å²) in [5.41, 5.74) is -1.01. The lowest BCUT2D eigenvalue weighted by Crippen LogP contribution is -2.47. The third-order valence-electron chi connectivity index (χ3n) is 4.08. The highest BCUT2D eigenvalue weighted by atomic mass is 19.4. The lowest BCUT2D eigenvalue weighted by molar-refractivity contribution is -0.245. The van der Waals surface area contributed by atoms with Gasteiger partial charge in [0.1, 0.15) is 5.41 Å². The molecule has 0 radical (unpaired) electrons. The summed E-state index contributed by atoms with van der Waals surface area (Å²) in [6.07, 6.45) is -5.32. The lowest BCUT2D eigenvalue weighted by Gasteiger charge is -2.34. The van der Waals surface area contributed by atoms with Crippen LogP contribution in [0.25, 0.3) is 0 Å². The van der Waals surface area contributed by atoms with E-state index in [0.29, 0.717) is 13.0 Å². The van der Waals surface area contributed by atoms with Gasteiger partial charge in [0.15, 0.2) is 0 Å². The van der Waals surface area contributed by atoms with E-state index in [0.717, 1.165) is 5.56 Å². The van der Waals surface area contributed by atoms with E-state index >= 15 is 0 Å². The highest BCUT2D eigenvalue weighted by Gasteiger charge is 2.62. The lowest BCUT2D eigenvalue weighted by atomic mass is 9.79. The van der Waals surface area contributed by atoms with Crippen molar-refractivity contribution in [1.82, 2.24) is 4.90 Å². The van der Waals surface area contributed by atoms with Crippen LogP contribution in [0.5, 0.6) is 0 Å². The molecule has 1 aliphatic heterocycles. The molecular formula is C15H20F3NO. The van der Waals surface area contributed by atoms with Gasteiger partial charge in [0.2, 0.25) is 0 Å². The van der Waals surface area contributed by atoms with E-state index in [4.69, 9.17) is 0 Å². The van der Waals surface area contributed by atoms with Crippen LogP contribution in [-0.4, -0.2) is 35.4 Å². The maximum atomic E-state index is 13.4. The highest BCUT2D eigenvalue weighted by molar-refractivity contribution is 5.15. The van der Waals surface area contributed by atoms with Crippen molar-refractivity contribution < 1.29 is 18.3 Å². The largest absolute Gasteiger partial charge is 0.398 e. The smallest absolute Gasteiger partial charge is 0.391 e. The number of hydrogen-bond acceptors (Lipinski definition) is 2. The SMILES string of the molecule is CCCC1(C(F)(F)F)CN(Cc2ccccc2)CC1O. The van der Waals surface area contributed by atoms with Gasteiger partial charge < -0.3 is 5.11 Å². The molecule has 2 nitrogen and oxygen atoms in total. The zero-order valence-corrected chi connectivity index (χ0v) is 11.5. The zero-order valence-electron chi connectivity index (χ0n) is 11.5. The van der Waals surface area contributed by atoms with Gasteiger partial charge >= 0.3 is 6.18 Å². The molecule has 112 valence electrons. The third-order valence-corrected chi connectivity index (χ3v) is 4.08. The molecule has 20 heavy (non-hydrogen) atoms. The van der Waals surface area contributed by atoms with Crippen molar-refractivity contribution in [3.8, 4) is 0 Å².